The predicted octanol–water partition coefficient (Wildman–Crippen LogP) is 2.02. The molecule has 0 bridgehead atoms. The first kappa shape index (κ1) is 19.2. The van der Waals surface area contributed by atoms with Gasteiger partial charge in [0, 0.05) is 25.5 Å². The lowest BCUT2D eigenvalue weighted by atomic mass is 10.1. The van der Waals surface area contributed by atoms with Gasteiger partial charge in [0.05, 0.1) is 18.8 Å². The number of hydrogen-bond donors (Lipinski definition) is 0. The topological polar surface area (TPSA) is 75.5 Å². The van der Waals surface area contributed by atoms with Crippen LogP contribution in [0.5, 0.6) is 0 Å². The Hall–Kier alpha value is -3.13. The van der Waals surface area contributed by atoms with Crippen molar-refractivity contribution < 1.29 is 4.74 Å². The van der Waals surface area contributed by atoms with Crippen LogP contribution in [0.3, 0.4) is 0 Å². The summed E-state index contributed by atoms with van der Waals surface area (Å²) in [7, 11) is 3.19. The summed E-state index contributed by atoms with van der Waals surface area (Å²) in [5.74, 6) is 0.624. The van der Waals surface area contributed by atoms with Crippen molar-refractivity contribution in [2.24, 2.45) is 7.05 Å². The molecule has 0 saturated heterocycles. The Bertz CT molecular complexity index is 1380. The smallest absolute Gasteiger partial charge is 0.332 e. The Morgan fingerprint density at radius 2 is 1.79 bits per heavy atom. The van der Waals surface area contributed by atoms with Crippen LogP contribution in [0.15, 0.2) is 27.8 Å². The molecule has 0 aliphatic rings. The van der Waals surface area contributed by atoms with Crippen molar-refractivity contribution in [3.8, 4) is 5.69 Å². The van der Waals surface area contributed by atoms with E-state index in [0.717, 1.165) is 22.6 Å². The third-order valence-electron chi connectivity index (χ3n) is 5.63. The number of rotatable bonds is 4. The largest absolute Gasteiger partial charge is 0.383 e. The molecule has 8 nitrogen and oxygen atoms in total. The predicted molar refractivity (Wildman–Crippen MR) is 112 cm³/mol. The minimum Gasteiger partial charge on any atom is -0.383 e. The van der Waals surface area contributed by atoms with E-state index in [1.165, 1.54) is 14.7 Å². The molecule has 4 rings (SSSR count). The molecule has 0 aliphatic carbocycles. The summed E-state index contributed by atoms with van der Waals surface area (Å²) in [5.41, 5.74) is 5.25. The summed E-state index contributed by atoms with van der Waals surface area (Å²) in [6.45, 7) is 8.57. The van der Waals surface area contributed by atoms with Gasteiger partial charge in [-0.15, -0.1) is 0 Å². The minimum absolute atomic E-state index is 0.195. The summed E-state index contributed by atoms with van der Waals surface area (Å²) >= 11 is 0. The fraction of sp³-hybridized carbons (Fsp3) is 0.381. The maximum absolute atomic E-state index is 13.2. The molecule has 8 heteroatoms. The Labute approximate surface area is 167 Å². The Morgan fingerprint density at radius 1 is 1.07 bits per heavy atom. The molecule has 1 aromatic carbocycles. The monoisotopic (exact) mass is 395 g/mol. The maximum atomic E-state index is 13.2. The first-order chi connectivity index (χ1) is 13.8. The van der Waals surface area contributed by atoms with Crippen LogP contribution in [0.25, 0.3) is 22.6 Å². The maximum Gasteiger partial charge on any atom is 0.332 e. The molecule has 3 heterocycles. The molecule has 0 N–H and O–H groups in total. The molecular formula is C21H25N5O3. The molecule has 0 aliphatic heterocycles. The van der Waals surface area contributed by atoms with Crippen LogP contribution in [0.1, 0.15) is 22.5 Å². The second kappa shape index (κ2) is 6.73. The number of fused-ring (bicyclic) bond motifs is 3. The van der Waals surface area contributed by atoms with E-state index in [4.69, 9.17) is 9.72 Å². The number of aromatic nitrogens is 5. The fourth-order valence-corrected chi connectivity index (χ4v) is 3.97. The van der Waals surface area contributed by atoms with Crippen LogP contribution in [-0.2, 0) is 18.3 Å². The van der Waals surface area contributed by atoms with Gasteiger partial charge in [-0.05, 0) is 39.3 Å². The highest BCUT2D eigenvalue weighted by Crippen LogP contribution is 2.26. The van der Waals surface area contributed by atoms with E-state index in [2.05, 4.69) is 32.0 Å². The van der Waals surface area contributed by atoms with Crippen LogP contribution in [0.2, 0.25) is 0 Å². The lowest BCUT2D eigenvalue weighted by Crippen LogP contribution is -2.40. The molecule has 4 aromatic rings. The quantitative estimate of drug-likeness (QED) is 0.530. The average Bonchev–Trinajstić information content (AvgIpc) is 3.17. The van der Waals surface area contributed by atoms with E-state index < -0.39 is 5.69 Å². The molecule has 0 fully saturated rings. The zero-order valence-corrected chi connectivity index (χ0v) is 17.6. The van der Waals surface area contributed by atoms with E-state index in [-0.39, 0.29) is 18.7 Å². The zero-order chi connectivity index (χ0) is 21.0. The third kappa shape index (κ3) is 2.66. The molecule has 152 valence electrons. The Kier molecular flexibility index (Phi) is 4.46. The van der Waals surface area contributed by atoms with Gasteiger partial charge in [-0.2, -0.15) is 4.98 Å². The van der Waals surface area contributed by atoms with Crippen molar-refractivity contribution in [2.45, 2.75) is 34.2 Å². The van der Waals surface area contributed by atoms with Crippen molar-refractivity contribution >= 4 is 16.9 Å². The number of imidazole rings is 2. The Morgan fingerprint density at radius 3 is 2.45 bits per heavy atom. The zero-order valence-electron chi connectivity index (χ0n) is 17.6. The number of methoxy groups -OCH3 is 1. The second-order valence-corrected chi connectivity index (χ2v) is 7.51. The van der Waals surface area contributed by atoms with Gasteiger partial charge in [0.25, 0.3) is 5.56 Å². The molecule has 0 atom stereocenters. The number of ether oxygens (including phenoxy) is 1. The standard InChI is InChI=1S/C21H25N5O3/c1-12-7-8-16(13(2)11-12)25-14(3)15(4)26-17-18(22-20(25)26)23(5)21(28)24(19(17)27)9-10-29-6/h7-8,11H,9-10H2,1-6H3. The van der Waals surface area contributed by atoms with E-state index >= 15 is 0 Å². The van der Waals surface area contributed by atoms with Gasteiger partial charge in [0.1, 0.15) is 0 Å². The SMILES string of the molecule is COCCn1c(=O)c2c(nc3n(-c4ccc(C)cc4C)c(C)c(C)n23)n(C)c1=O. The van der Waals surface area contributed by atoms with Gasteiger partial charge in [0.15, 0.2) is 11.2 Å². The molecule has 29 heavy (non-hydrogen) atoms. The summed E-state index contributed by atoms with van der Waals surface area (Å²) in [5, 5.41) is 0. The van der Waals surface area contributed by atoms with E-state index in [1.54, 1.807) is 14.2 Å². The van der Waals surface area contributed by atoms with Gasteiger partial charge >= 0.3 is 5.69 Å². The summed E-state index contributed by atoms with van der Waals surface area (Å²) < 4.78 is 11.6. The van der Waals surface area contributed by atoms with Crippen molar-refractivity contribution in [3.63, 3.8) is 0 Å². The van der Waals surface area contributed by atoms with Gasteiger partial charge in [0.2, 0.25) is 5.78 Å². The second-order valence-electron chi connectivity index (χ2n) is 7.51. The normalized spacial score (nSPS) is 11.8. The minimum atomic E-state index is -0.396. The molecule has 0 amide bonds. The number of nitrogens with zero attached hydrogens (tertiary/aromatic N) is 5. The first-order valence-corrected chi connectivity index (χ1v) is 9.54. The van der Waals surface area contributed by atoms with Crippen LogP contribution in [0.4, 0.5) is 0 Å². The number of hydrogen-bond acceptors (Lipinski definition) is 4. The molecule has 0 spiro atoms. The fourth-order valence-electron chi connectivity index (χ4n) is 3.97. The lowest BCUT2D eigenvalue weighted by molar-refractivity contribution is 0.184. The van der Waals surface area contributed by atoms with E-state index in [1.807, 2.05) is 22.8 Å². The van der Waals surface area contributed by atoms with E-state index in [0.29, 0.717) is 16.9 Å². The molecule has 0 radical (unpaired) electrons. The highest BCUT2D eigenvalue weighted by molar-refractivity contribution is 5.77. The van der Waals surface area contributed by atoms with Crippen molar-refractivity contribution in [3.05, 3.63) is 61.6 Å². The van der Waals surface area contributed by atoms with Crippen molar-refractivity contribution in [1.29, 1.82) is 0 Å². The number of aryl methyl sites for hydroxylation is 4. The van der Waals surface area contributed by atoms with Gasteiger partial charge < -0.3 is 4.74 Å². The van der Waals surface area contributed by atoms with Gasteiger partial charge in [-0.25, -0.2) is 4.79 Å². The highest BCUT2D eigenvalue weighted by atomic mass is 16.5. The summed E-state index contributed by atoms with van der Waals surface area (Å²) in [4.78, 5) is 30.7. The Balaban J connectivity index is 2.15. The van der Waals surface area contributed by atoms with Crippen LogP contribution >= 0.6 is 0 Å². The molecule has 0 saturated carbocycles. The summed E-state index contributed by atoms with van der Waals surface area (Å²) in [6.07, 6.45) is 0. The van der Waals surface area contributed by atoms with Crippen LogP contribution < -0.4 is 11.2 Å². The van der Waals surface area contributed by atoms with Gasteiger partial charge in [-0.1, -0.05) is 17.7 Å². The third-order valence-corrected chi connectivity index (χ3v) is 5.63. The van der Waals surface area contributed by atoms with Crippen molar-refractivity contribution in [2.75, 3.05) is 13.7 Å². The molecule has 3 aromatic heterocycles. The highest BCUT2D eigenvalue weighted by Gasteiger charge is 2.23. The average molecular weight is 395 g/mol. The molecular weight excluding hydrogens is 370 g/mol. The number of benzene rings is 1. The van der Waals surface area contributed by atoms with Crippen LogP contribution in [-0.4, -0.2) is 36.8 Å². The first-order valence-electron chi connectivity index (χ1n) is 9.54. The lowest BCUT2D eigenvalue weighted by Gasteiger charge is -2.10. The van der Waals surface area contributed by atoms with Crippen molar-refractivity contribution in [1.82, 2.24) is 23.1 Å². The van der Waals surface area contributed by atoms with Crippen LogP contribution in [0, 0.1) is 27.7 Å². The molecule has 0 unspecified atom stereocenters. The van der Waals surface area contributed by atoms with E-state index in [9.17, 15) is 9.59 Å². The summed E-state index contributed by atoms with van der Waals surface area (Å²) in [6, 6.07) is 6.24. The van der Waals surface area contributed by atoms with Gasteiger partial charge in [-0.3, -0.25) is 22.9 Å².